The van der Waals surface area contributed by atoms with Gasteiger partial charge in [-0.15, -0.1) is 0 Å². The molecule has 16 heavy (non-hydrogen) atoms. The minimum Gasteiger partial charge on any atom is -0.394 e. The Bertz CT molecular complexity index is 155. The smallest absolute Gasteiger partial charge is 0.0700 e. The van der Waals surface area contributed by atoms with Gasteiger partial charge < -0.3 is 19.9 Å². The summed E-state index contributed by atoms with van der Waals surface area (Å²) in [5.41, 5.74) is -0.223. The molecule has 0 fully saturated rings. The summed E-state index contributed by atoms with van der Waals surface area (Å²) in [5.74, 6) is 0. The van der Waals surface area contributed by atoms with Gasteiger partial charge in [0, 0.05) is 18.8 Å². The van der Waals surface area contributed by atoms with Gasteiger partial charge in [-0.2, -0.15) is 0 Å². The number of likely N-dealkylation sites (N-methyl/N-ethyl adjacent to an activating group) is 1. The van der Waals surface area contributed by atoms with Crippen LogP contribution in [0.3, 0.4) is 0 Å². The van der Waals surface area contributed by atoms with Gasteiger partial charge in [-0.25, -0.2) is 0 Å². The topological polar surface area (TPSA) is 50.7 Å². The molecule has 0 aromatic heterocycles. The molecule has 1 atom stereocenters. The maximum absolute atomic E-state index is 9.25. The van der Waals surface area contributed by atoms with Crippen LogP contribution in [-0.2, 0) is 9.47 Å². The Hall–Kier alpha value is -0.160. The van der Waals surface area contributed by atoms with E-state index in [1.54, 1.807) is 0 Å². The van der Waals surface area contributed by atoms with Crippen LogP contribution in [0.5, 0.6) is 0 Å². The summed E-state index contributed by atoms with van der Waals surface area (Å²) >= 11 is 0. The minimum absolute atomic E-state index is 0.135. The van der Waals surface area contributed by atoms with Crippen molar-refractivity contribution < 1.29 is 14.6 Å². The van der Waals surface area contributed by atoms with Crippen LogP contribution in [0.1, 0.15) is 33.6 Å². The Morgan fingerprint density at radius 2 is 1.69 bits per heavy atom. The molecule has 0 bridgehead atoms. The molecule has 0 aliphatic heterocycles. The Morgan fingerprint density at radius 1 is 1.06 bits per heavy atom. The van der Waals surface area contributed by atoms with Crippen molar-refractivity contribution in [2.75, 3.05) is 39.6 Å². The Kier molecular flexibility index (Phi) is 9.92. The zero-order valence-corrected chi connectivity index (χ0v) is 10.9. The molecule has 0 rings (SSSR count). The standard InChI is InChI=1S/C12H27NO3/c1-4-7-15-9-10-16-8-6-12(3,11-14)13-5-2/h13-14H,4-11H2,1-3H3. The highest BCUT2D eigenvalue weighted by Crippen LogP contribution is 2.08. The van der Waals surface area contributed by atoms with E-state index in [-0.39, 0.29) is 12.1 Å². The second-order valence-corrected chi connectivity index (χ2v) is 4.22. The second-order valence-electron chi connectivity index (χ2n) is 4.22. The number of nitrogens with one attached hydrogen (secondary N) is 1. The number of hydrogen-bond donors (Lipinski definition) is 2. The molecule has 0 aromatic rings. The highest BCUT2D eigenvalue weighted by Gasteiger charge is 2.20. The molecule has 0 aromatic carbocycles. The van der Waals surface area contributed by atoms with Gasteiger partial charge in [0.15, 0.2) is 0 Å². The molecule has 2 N–H and O–H groups in total. The van der Waals surface area contributed by atoms with Gasteiger partial charge in [-0.05, 0) is 26.3 Å². The maximum atomic E-state index is 9.25. The van der Waals surface area contributed by atoms with Crippen molar-refractivity contribution in [1.29, 1.82) is 0 Å². The van der Waals surface area contributed by atoms with E-state index in [4.69, 9.17) is 9.47 Å². The quantitative estimate of drug-likeness (QED) is 0.526. The van der Waals surface area contributed by atoms with Gasteiger partial charge in [0.05, 0.1) is 19.8 Å². The van der Waals surface area contributed by atoms with E-state index in [1.807, 2.05) is 13.8 Å². The van der Waals surface area contributed by atoms with Gasteiger partial charge in [0.1, 0.15) is 0 Å². The van der Waals surface area contributed by atoms with E-state index < -0.39 is 0 Å². The van der Waals surface area contributed by atoms with Crippen LogP contribution < -0.4 is 5.32 Å². The Labute approximate surface area is 99.3 Å². The molecule has 0 aliphatic rings. The van der Waals surface area contributed by atoms with Crippen molar-refractivity contribution in [3.05, 3.63) is 0 Å². The molecule has 98 valence electrons. The van der Waals surface area contributed by atoms with Crippen LogP contribution >= 0.6 is 0 Å². The molecule has 0 amide bonds. The SMILES string of the molecule is CCCOCCOCCC(C)(CO)NCC. The highest BCUT2D eigenvalue weighted by atomic mass is 16.5. The van der Waals surface area contributed by atoms with Gasteiger partial charge >= 0.3 is 0 Å². The third-order valence-corrected chi connectivity index (χ3v) is 2.47. The lowest BCUT2D eigenvalue weighted by atomic mass is 10.00. The molecular formula is C12H27NO3. The van der Waals surface area contributed by atoms with E-state index in [9.17, 15) is 5.11 Å². The zero-order valence-electron chi connectivity index (χ0n) is 10.9. The van der Waals surface area contributed by atoms with Crippen molar-refractivity contribution in [1.82, 2.24) is 5.32 Å². The lowest BCUT2D eigenvalue weighted by molar-refractivity contribution is 0.0346. The molecule has 4 heteroatoms. The largest absolute Gasteiger partial charge is 0.394 e. The normalized spacial score (nSPS) is 15.0. The van der Waals surface area contributed by atoms with Crippen molar-refractivity contribution in [3.8, 4) is 0 Å². The maximum Gasteiger partial charge on any atom is 0.0700 e. The van der Waals surface area contributed by atoms with E-state index in [0.717, 1.165) is 26.0 Å². The first-order valence-electron chi connectivity index (χ1n) is 6.20. The summed E-state index contributed by atoms with van der Waals surface area (Å²) in [6, 6.07) is 0. The van der Waals surface area contributed by atoms with Gasteiger partial charge in [-0.1, -0.05) is 13.8 Å². The fourth-order valence-corrected chi connectivity index (χ4v) is 1.41. The molecule has 4 nitrogen and oxygen atoms in total. The average Bonchev–Trinajstić information content (AvgIpc) is 2.28. The summed E-state index contributed by atoms with van der Waals surface area (Å²) in [4.78, 5) is 0. The molecule has 0 radical (unpaired) electrons. The van der Waals surface area contributed by atoms with Crippen molar-refractivity contribution in [2.45, 2.75) is 39.2 Å². The summed E-state index contributed by atoms with van der Waals surface area (Å²) in [5, 5.41) is 12.5. The number of aliphatic hydroxyl groups is 1. The lowest BCUT2D eigenvalue weighted by Gasteiger charge is -2.28. The Balaban J connectivity index is 3.41. The van der Waals surface area contributed by atoms with E-state index in [2.05, 4.69) is 12.2 Å². The molecule has 0 aliphatic carbocycles. The van der Waals surface area contributed by atoms with E-state index in [0.29, 0.717) is 19.8 Å². The molecule has 0 saturated carbocycles. The highest BCUT2D eigenvalue weighted by molar-refractivity contribution is 4.81. The first kappa shape index (κ1) is 15.8. The van der Waals surface area contributed by atoms with Crippen molar-refractivity contribution in [2.24, 2.45) is 0 Å². The summed E-state index contributed by atoms with van der Waals surface area (Å²) in [6.45, 7) is 9.87. The Morgan fingerprint density at radius 3 is 2.19 bits per heavy atom. The first-order valence-corrected chi connectivity index (χ1v) is 6.20. The van der Waals surface area contributed by atoms with Crippen molar-refractivity contribution in [3.63, 3.8) is 0 Å². The fraction of sp³-hybridized carbons (Fsp3) is 1.00. The molecule has 1 unspecified atom stereocenters. The monoisotopic (exact) mass is 233 g/mol. The van der Waals surface area contributed by atoms with Crippen LogP contribution in [0.4, 0.5) is 0 Å². The third-order valence-electron chi connectivity index (χ3n) is 2.47. The number of aliphatic hydroxyl groups excluding tert-OH is 1. The van der Waals surface area contributed by atoms with Crippen LogP contribution in [0.25, 0.3) is 0 Å². The molecular weight excluding hydrogens is 206 g/mol. The van der Waals surface area contributed by atoms with E-state index in [1.165, 1.54) is 0 Å². The molecule has 0 saturated heterocycles. The van der Waals surface area contributed by atoms with Crippen molar-refractivity contribution >= 4 is 0 Å². The van der Waals surface area contributed by atoms with Gasteiger partial charge in [-0.3, -0.25) is 0 Å². The predicted octanol–water partition coefficient (Wildman–Crippen LogP) is 1.18. The van der Waals surface area contributed by atoms with Crippen LogP contribution in [0, 0.1) is 0 Å². The second kappa shape index (κ2) is 10.0. The average molecular weight is 233 g/mol. The van der Waals surface area contributed by atoms with Crippen LogP contribution in [0.15, 0.2) is 0 Å². The van der Waals surface area contributed by atoms with E-state index >= 15 is 0 Å². The minimum atomic E-state index is -0.223. The first-order chi connectivity index (χ1) is 7.68. The third kappa shape index (κ3) is 8.05. The van der Waals surface area contributed by atoms with Crippen LogP contribution in [-0.4, -0.2) is 50.2 Å². The summed E-state index contributed by atoms with van der Waals surface area (Å²) < 4.78 is 10.7. The van der Waals surface area contributed by atoms with Gasteiger partial charge in [0.2, 0.25) is 0 Å². The fourth-order valence-electron chi connectivity index (χ4n) is 1.41. The van der Waals surface area contributed by atoms with Gasteiger partial charge in [0.25, 0.3) is 0 Å². The number of ether oxygens (including phenoxy) is 2. The molecule has 0 spiro atoms. The lowest BCUT2D eigenvalue weighted by Crippen LogP contribution is -2.46. The summed E-state index contributed by atoms with van der Waals surface area (Å²) in [6.07, 6.45) is 1.86. The number of rotatable bonds is 11. The molecule has 0 heterocycles. The zero-order chi connectivity index (χ0) is 12.3. The van der Waals surface area contributed by atoms with Crippen LogP contribution in [0.2, 0.25) is 0 Å². The predicted molar refractivity (Wildman–Crippen MR) is 65.7 cm³/mol. The number of hydrogen-bond acceptors (Lipinski definition) is 4. The summed E-state index contributed by atoms with van der Waals surface area (Å²) in [7, 11) is 0.